The molecule has 0 unspecified atom stereocenters. The van der Waals surface area contributed by atoms with E-state index in [1.807, 2.05) is 24.5 Å². The van der Waals surface area contributed by atoms with Gasteiger partial charge in [0.1, 0.15) is 0 Å². The molecule has 0 radical (unpaired) electrons. The average molecular weight is 337 g/mol. The maximum Gasteiger partial charge on any atom is 0.0950 e. The van der Waals surface area contributed by atoms with Crippen LogP contribution in [0.2, 0.25) is 0 Å². The number of aromatic nitrogens is 1. The Morgan fingerprint density at radius 3 is 2.84 bits per heavy atom. The molecular weight excluding hydrogens is 310 g/mol. The minimum absolute atomic E-state index is 0.179. The lowest BCUT2D eigenvalue weighted by molar-refractivity contribution is 0.0633. The molecule has 4 heteroatoms. The molecule has 4 rings (SSSR count). The largest absolute Gasteiger partial charge is 0.387 e. The standard InChI is InChI=1S/C21H27N3O/c1-23-11-9-17(20(23)16-7-5-10-22-13-16)14-24(2)19-12-15-6-3-4-8-18(15)21(19)25/h3-8,10,13,17,19-21,25H,9,11-12,14H2,1-2H3/t17-,19+,20-,21+/m0/s1. The van der Waals surface area contributed by atoms with Gasteiger partial charge in [-0.15, -0.1) is 0 Å². The zero-order chi connectivity index (χ0) is 17.4. The number of aliphatic hydroxyl groups excluding tert-OH is 1. The van der Waals surface area contributed by atoms with E-state index >= 15 is 0 Å². The maximum absolute atomic E-state index is 10.8. The molecule has 0 bridgehead atoms. The summed E-state index contributed by atoms with van der Waals surface area (Å²) in [6.45, 7) is 2.12. The molecule has 25 heavy (non-hydrogen) atoms. The highest BCUT2D eigenvalue weighted by atomic mass is 16.3. The number of rotatable bonds is 4. The summed E-state index contributed by atoms with van der Waals surface area (Å²) < 4.78 is 0. The van der Waals surface area contributed by atoms with E-state index in [2.05, 4.69) is 53.1 Å². The van der Waals surface area contributed by atoms with Gasteiger partial charge in [0.2, 0.25) is 0 Å². The Labute approximate surface area is 150 Å². The number of hydrogen-bond acceptors (Lipinski definition) is 4. The molecule has 4 atom stereocenters. The summed E-state index contributed by atoms with van der Waals surface area (Å²) in [6, 6.07) is 13.1. The number of nitrogens with zero attached hydrogens (tertiary/aromatic N) is 3. The summed E-state index contributed by atoms with van der Waals surface area (Å²) in [5.41, 5.74) is 3.70. The van der Waals surface area contributed by atoms with E-state index in [1.54, 1.807) is 0 Å². The van der Waals surface area contributed by atoms with E-state index in [4.69, 9.17) is 0 Å². The number of hydrogen-bond donors (Lipinski definition) is 1. The van der Waals surface area contributed by atoms with Gasteiger partial charge in [-0.05, 0) is 62.2 Å². The van der Waals surface area contributed by atoms with Gasteiger partial charge < -0.3 is 5.11 Å². The Bertz CT molecular complexity index is 720. The summed E-state index contributed by atoms with van der Waals surface area (Å²) in [4.78, 5) is 9.13. The Balaban J connectivity index is 1.48. The Morgan fingerprint density at radius 2 is 2.08 bits per heavy atom. The molecule has 132 valence electrons. The topological polar surface area (TPSA) is 39.6 Å². The van der Waals surface area contributed by atoms with Crippen molar-refractivity contribution in [2.45, 2.75) is 31.0 Å². The lowest BCUT2D eigenvalue weighted by atomic mass is 9.93. The summed E-state index contributed by atoms with van der Waals surface area (Å²) >= 11 is 0. The second-order valence-corrected chi connectivity index (χ2v) is 7.62. The fourth-order valence-corrected chi connectivity index (χ4v) is 4.75. The van der Waals surface area contributed by atoms with Crippen LogP contribution in [0.1, 0.15) is 35.3 Å². The van der Waals surface area contributed by atoms with Gasteiger partial charge in [0, 0.05) is 31.0 Å². The van der Waals surface area contributed by atoms with E-state index in [9.17, 15) is 5.11 Å². The van der Waals surface area contributed by atoms with Crippen molar-refractivity contribution in [3.8, 4) is 0 Å². The third-order valence-corrected chi connectivity index (χ3v) is 6.06. The number of likely N-dealkylation sites (N-methyl/N-ethyl adjacent to an activating group) is 1. The minimum Gasteiger partial charge on any atom is -0.387 e. The van der Waals surface area contributed by atoms with Crippen molar-refractivity contribution >= 4 is 0 Å². The van der Waals surface area contributed by atoms with Crippen molar-refractivity contribution in [3.63, 3.8) is 0 Å². The summed E-state index contributed by atoms with van der Waals surface area (Å²) in [5, 5.41) is 10.8. The Morgan fingerprint density at radius 1 is 1.24 bits per heavy atom. The van der Waals surface area contributed by atoms with Gasteiger partial charge in [-0.3, -0.25) is 14.8 Å². The van der Waals surface area contributed by atoms with Crippen LogP contribution in [-0.4, -0.2) is 53.1 Å². The summed E-state index contributed by atoms with van der Waals surface area (Å²) in [5.74, 6) is 0.565. The van der Waals surface area contributed by atoms with Crippen LogP contribution < -0.4 is 0 Å². The highest BCUT2D eigenvalue weighted by molar-refractivity contribution is 5.35. The normalized spacial score (nSPS) is 29.3. The van der Waals surface area contributed by atoms with Gasteiger partial charge in [0.05, 0.1) is 6.10 Å². The zero-order valence-corrected chi connectivity index (χ0v) is 15.0. The molecule has 2 aliphatic rings. The number of likely N-dealkylation sites (tertiary alicyclic amines) is 1. The fraction of sp³-hybridized carbons (Fsp3) is 0.476. The third kappa shape index (κ3) is 3.10. The summed E-state index contributed by atoms with van der Waals surface area (Å²) in [7, 11) is 4.37. The third-order valence-electron chi connectivity index (χ3n) is 6.06. The molecule has 1 aliphatic carbocycles. The van der Waals surface area contributed by atoms with E-state index in [1.165, 1.54) is 17.5 Å². The van der Waals surface area contributed by atoms with E-state index < -0.39 is 0 Å². The molecule has 1 N–H and O–H groups in total. The van der Waals surface area contributed by atoms with Crippen LogP contribution in [0.3, 0.4) is 0 Å². The van der Waals surface area contributed by atoms with Crippen molar-refractivity contribution in [1.29, 1.82) is 0 Å². The maximum atomic E-state index is 10.8. The molecule has 1 aromatic carbocycles. The van der Waals surface area contributed by atoms with Crippen LogP contribution in [0.5, 0.6) is 0 Å². The van der Waals surface area contributed by atoms with Crippen molar-refractivity contribution in [2.75, 3.05) is 27.2 Å². The first kappa shape index (κ1) is 16.7. The average Bonchev–Trinajstić information content (AvgIpc) is 3.16. The molecule has 1 saturated heterocycles. The molecule has 4 nitrogen and oxygen atoms in total. The first-order chi connectivity index (χ1) is 12.1. The highest BCUT2D eigenvalue weighted by Crippen LogP contribution is 2.39. The molecule has 1 aromatic heterocycles. The van der Waals surface area contributed by atoms with Crippen LogP contribution in [-0.2, 0) is 6.42 Å². The molecule has 2 aromatic rings. The molecule has 1 fully saturated rings. The predicted molar refractivity (Wildman–Crippen MR) is 99.2 cm³/mol. The lowest BCUT2D eigenvalue weighted by Gasteiger charge is -2.33. The Kier molecular flexibility index (Phi) is 4.59. The Hall–Kier alpha value is -1.75. The van der Waals surface area contributed by atoms with Crippen molar-refractivity contribution in [1.82, 2.24) is 14.8 Å². The highest BCUT2D eigenvalue weighted by Gasteiger charge is 2.38. The van der Waals surface area contributed by atoms with Gasteiger partial charge in [0.15, 0.2) is 0 Å². The van der Waals surface area contributed by atoms with Crippen molar-refractivity contribution in [3.05, 3.63) is 65.5 Å². The van der Waals surface area contributed by atoms with Crippen LogP contribution in [0.15, 0.2) is 48.8 Å². The van der Waals surface area contributed by atoms with Gasteiger partial charge >= 0.3 is 0 Å². The van der Waals surface area contributed by atoms with Gasteiger partial charge in [-0.1, -0.05) is 30.3 Å². The number of pyridine rings is 1. The van der Waals surface area contributed by atoms with Crippen LogP contribution >= 0.6 is 0 Å². The SMILES string of the molecule is CN(C[C@@H]1CCN(C)[C@H]1c1cccnc1)[C@@H]1Cc2ccccc2[C@H]1O. The lowest BCUT2D eigenvalue weighted by Crippen LogP contribution is -2.39. The molecule has 0 spiro atoms. The fourth-order valence-electron chi connectivity index (χ4n) is 4.75. The molecule has 0 amide bonds. The molecule has 2 heterocycles. The smallest absolute Gasteiger partial charge is 0.0950 e. The van der Waals surface area contributed by atoms with Crippen LogP contribution in [0, 0.1) is 5.92 Å². The quantitative estimate of drug-likeness (QED) is 0.931. The minimum atomic E-state index is -0.378. The van der Waals surface area contributed by atoms with Gasteiger partial charge in [0.25, 0.3) is 0 Å². The number of aliphatic hydroxyl groups is 1. The van der Waals surface area contributed by atoms with E-state index in [0.29, 0.717) is 12.0 Å². The second kappa shape index (κ2) is 6.87. The first-order valence-corrected chi connectivity index (χ1v) is 9.21. The number of fused-ring (bicyclic) bond motifs is 1. The first-order valence-electron chi connectivity index (χ1n) is 9.21. The molecular formula is C21H27N3O. The molecule has 1 aliphatic heterocycles. The van der Waals surface area contributed by atoms with Crippen molar-refractivity contribution in [2.24, 2.45) is 5.92 Å². The van der Waals surface area contributed by atoms with Crippen LogP contribution in [0.4, 0.5) is 0 Å². The van der Waals surface area contributed by atoms with Gasteiger partial charge in [-0.2, -0.15) is 0 Å². The monoisotopic (exact) mass is 337 g/mol. The second-order valence-electron chi connectivity index (χ2n) is 7.62. The van der Waals surface area contributed by atoms with Gasteiger partial charge in [-0.25, -0.2) is 0 Å². The van der Waals surface area contributed by atoms with E-state index in [-0.39, 0.29) is 12.1 Å². The van der Waals surface area contributed by atoms with E-state index in [0.717, 1.165) is 25.1 Å². The number of benzene rings is 1. The van der Waals surface area contributed by atoms with Crippen LogP contribution in [0.25, 0.3) is 0 Å². The van der Waals surface area contributed by atoms with Crippen molar-refractivity contribution < 1.29 is 5.11 Å². The predicted octanol–water partition coefficient (Wildman–Crippen LogP) is 2.66. The zero-order valence-electron chi connectivity index (χ0n) is 15.0. The molecule has 0 saturated carbocycles. The summed E-state index contributed by atoms with van der Waals surface area (Å²) in [6.07, 6.45) is 5.59.